The first-order valence-electron chi connectivity index (χ1n) is 13.6. The molecule has 0 unspecified atom stereocenters. The molecule has 4 rings (SSSR count). The zero-order chi connectivity index (χ0) is 32.1. The molecular weight excluding hydrogens is 578 g/mol. The Morgan fingerprint density at radius 2 is 1.48 bits per heavy atom. The van der Waals surface area contributed by atoms with Gasteiger partial charge in [-0.15, -0.1) is 0 Å². The summed E-state index contributed by atoms with van der Waals surface area (Å²) in [4.78, 5) is 66.1. The lowest BCUT2D eigenvalue weighted by Crippen LogP contribution is -2.64. The number of esters is 4. The van der Waals surface area contributed by atoms with Crippen molar-refractivity contribution in [3.8, 4) is 11.4 Å². The van der Waals surface area contributed by atoms with Gasteiger partial charge in [-0.1, -0.05) is 0 Å². The number of nitrogens with one attached hydrogen (secondary N) is 1. The summed E-state index contributed by atoms with van der Waals surface area (Å²) in [5, 5.41) is 3.34. The second kappa shape index (κ2) is 13.5. The van der Waals surface area contributed by atoms with Crippen LogP contribution >= 0.6 is 0 Å². The molecule has 1 aliphatic rings. The molecule has 1 fully saturated rings. The van der Waals surface area contributed by atoms with Crippen LogP contribution in [0.4, 0.5) is 5.69 Å². The van der Waals surface area contributed by atoms with Crippen molar-refractivity contribution >= 4 is 40.5 Å². The van der Waals surface area contributed by atoms with Gasteiger partial charge in [-0.25, -0.2) is 4.98 Å². The number of nitrogens with zero attached hydrogens (tertiary/aromatic N) is 2. The van der Waals surface area contributed by atoms with Gasteiger partial charge in [0, 0.05) is 33.4 Å². The van der Waals surface area contributed by atoms with Crippen molar-refractivity contribution in [1.82, 2.24) is 9.55 Å². The number of carbonyl (C=O) groups is 4. The van der Waals surface area contributed by atoms with E-state index in [-0.39, 0.29) is 17.6 Å². The van der Waals surface area contributed by atoms with Crippen LogP contribution in [0.2, 0.25) is 0 Å². The summed E-state index contributed by atoms with van der Waals surface area (Å²) in [6.45, 7) is 5.97. The molecule has 3 aromatic rings. The van der Waals surface area contributed by atoms with Crippen LogP contribution in [0.15, 0.2) is 47.3 Å². The number of aryl methyl sites for hydroxylation is 1. The van der Waals surface area contributed by atoms with Gasteiger partial charge in [0.25, 0.3) is 5.56 Å². The standard InChI is InChI=1S/C30H33N3O11/c1-15-31-24-12-7-20(13-23(24)30(38)33(15)21-8-10-22(39-6)11-9-21)32-29-28(43-19(5)37)27(42-18(4)36)26(41-17(3)35)25(44-29)14-40-16(2)34/h7-13,25-29,32H,14H2,1-6H3/t25-,26+,27+,28-,29-/m1/s1. The highest BCUT2D eigenvalue weighted by Crippen LogP contribution is 2.31. The van der Waals surface area contributed by atoms with Gasteiger partial charge in [0.05, 0.1) is 23.7 Å². The number of anilines is 1. The van der Waals surface area contributed by atoms with Gasteiger partial charge in [0.15, 0.2) is 24.5 Å². The van der Waals surface area contributed by atoms with Crippen LogP contribution < -0.4 is 15.6 Å². The zero-order valence-corrected chi connectivity index (χ0v) is 25.0. The molecule has 0 spiro atoms. The molecule has 2 aromatic carbocycles. The third kappa shape index (κ3) is 7.32. The van der Waals surface area contributed by atoms with E-state index in [0.29, 0.717) is 28.5 Å². The fraction of sp³-hybridized carbons (Fsp3) is 0.400. The quantitative estimate of drug-likeness (QED) is 0.276. The smallest absolute Gasteiger partial charge is 0.303 e. The van der Waals surface area contributed by atoms with Crippen molar-refractivity contribution in [3.05, 3.63) is 58.6 Å². The van der Waals surface area contributed by atoms with Gasteiger partial charge in [0.2, 0.25) is 0 Å². The highest BCUT2D eigenvalue weighted by Gasteiger charge is 2.52. The number of aromatic nitrogens is 2. The van der Waals surface area contributed by atoms with Crippen molar-refractivity contribution in [1.29, 1.82) is 0 Å². The molecule has 14 heteroatoms. The van der Waals surface area contributed by atoms with Crippen LogP contribution in [0.1, 0.15) is 33.5 Å². The van der Waals surface area contributed by atoms with Crippen molar-refractivity contribution in [2.45, 2.75) is 65.3 Å². The highest BCUT2D eigenvalue weighted by molar-refractivity contribution is 5.82. The summed E-state index contributed by atoms with van der Waals surface area (Å²) in [5.74, 6) is -1.75. The van der Waals surface area contributed by atoms with E-state index in [4.69, 9.17) is 28.4 Å². The van der Waals surface area contributed by atoms with Crippen LogP contribution in [0, 0.1) is 6.92 Å². The maximum absolute atomic E-state index is 13.7. The Kier molecular flexibility index (Phi) is 9.83. The predicted octanol–water partition coefficient (Wildman–Crippen LogP) is 2.20. The Labute approximate surface area is 252 Å². The molecular formula is C30H33N3O11. The van der Waals surface area contributed by atoms with Crippen LogP contribution in [-0.4, -0.2) is 77.8 Å². The molecule has 1 aliphatic heterocycles. The highest BCUT2D eigenvalue weighted by atomic mass is 16.7. The number of fused-ring (bicyclic) bond motifs is 1. The molecule has 0 amide bonds. The SMILES string of the molecule is COc1ccc(-n2c(C)nc3ccc(N[C@@H]4O[C@H](COC(C)=O)[C@H](OC(C)=O)[C@H](OC(C)=O)[C@H]4OC(C)=O)cc3c2=O)cc1. The van der Waals surface area contributed by atoms with E-state index in [9.17, 15) is 24.0 Å². The van der Waals surface area contributed by atoms with Gasteiger partial charge in [-0.3, -0.25) is 28.5 Å². The van der Waals surface area contributed by atoms with Crippen molar-refractivity contribution < 1.29 is 47.6 Å². The molecule has 0 radical (unpaired) electrons. The van der Waals surface area contributed by atoms with E-state index in [1.165, 1.54) is 11.5 Å². The fourth-order valence-electron chi connectivity index (χ4n) is 4.93. The molecule has 1 N–H and O–H groups in total. The summed E-state index contributed by atoms with van der Waals surface area (Å²) in [7, 11) is 1.55. The van der Waals surface area contributed by atoms with Gasteiger partial charge < -0.3 is 33.7 Å². The van der Waals surface area contributed by atoms with Crippen molar-refractivity contribution in [2.24, 2.45) is 0 Å². The minimum Gasteiger partial charge on any atom is -0.497 e. The van der Waals surface area contributed by atoms with Crippen molar-refractivity contribution in [3.63, 3.8) is 0 Å². The summed E-state index contributed by atoms with van der Waals surface area (Å²) >= 11 is 0. The van der Waals surface area contributed by atoms with E-state index >= 15 is 0 Å². The number of rotatable bonds is 9. The zero-order valence-electron chi connectivity index (χ0n) is 25.0. The average Bonchev–Trinajstić information content (AvgIpc) is 2.95. The molecule has 2 heterocycles. The molecule has 1 aromatic heterocycles. The molecule has 0 bridgehead atoms. The van der Waals surface area contributed by atoms with Gasteiger partial charge in [-0.05, 0) is 49.4 Å². The second-order valence-corrected chi connectivity index (χ2v) is 9.99. The number of methoxy groups -OCH3 is 1. The van der Waals surface area contributed by atoms with E-state index in [1.54, 1.807) is 56.5 Å². The lowest BCUT2D eigenvalue weighted by Gasteiger charge is -2.44. The largest absolute Gasteiger partial charge is 0.497 e. The van der Waals surface area contributed by atoms with Gasteiger partial charge >= 0.3 is 23.9 Å². The molecule has 0 aliphatic carbocycles. The topological polar surface area (TPSA) is 171 Å². The molecule has 14 nitrogen and oxygen atoms in total. The third-order valence-electron chi connectivity index (χ3n) is 6.67. The maximum Gasteiger partial charge on any atom is 0.303 e. The van der Waals surface area contributed by atoms with Gasteiger partial charge in [-0.2, -0.15) is 0 Å². The Balaban J connectivity index is 1.76. The van der Waals surface area contributed by atoms with Crippen LogP contribution in [-0.2, 0) is 42.9 Å². The van der Waals surface area contributed by atoms with Gasteiger partial charge in [0.1, 0.15) is 24.3 Å². The minimum atomic E-state index is -1.34. The van der Waals surface area contributed by atoms with E-state index in [1.807, 2.05) is 0 Å². The number of benzene rings is 2. The van der Waals surface area contributed by atoms with E-state index in [0.717, 1.165) is 20.8 Å². The molecule has 44 heavy (non-hydrogen) atoms. The average molecular weight is 612 g/mol. The normalized spacial score (nSPS) is 21.2. The predicted molar refractivity (Wildman–Crippen MR) is 154 cm³/mol. The summed E-state index contributed by atoms with van der Waals surface area (Å²) in [6.07, 6.45) is -6.30. The monoisotopic (exact) mass is 611 g/mol. The van der Waals surface area contributed by atoms with Crippen molar-refractivity contribution in [2.75, 3.05) is 19.0 Å². The first kappa shape index (κ1) is 31.9. The molecule has 1 saturated heterocycles. The van der Waals surface area contributed by atoms with E-state index < -0.39 is 54.5 Å². The summed E-state index contributed by atoms with van der Waals surface area (Å²) in [5.41, 5.74) is 1.04. The maximum atomic E-state index is 13.7. The minimum absolute atomic E-state index is 0.266. The Bertz CT molecular complexity index is 1620. The number of hydrogen-bond acceptors (Lipinski definition) is 13. The molecule has 5 atom stereocenters. The Morgan fingerprint density at radius 1 is 0.864 bits per heavy atom. The Hall–Kier alpha value is -4.98. The van der Waals surface area contributed by atoms with Crippen LogP contribution in [0.25, 0.3) is 16.6 Å². The number of carbonyl (C=O) groups excluding carboxylic acids is 4. The first-order valence-corrected chi connectivity index (χ1v) is 13.6. The fourth-order valence-corrected chi connectivity index (χ4v) is 4.93. The number of hydrogen-bond donors (Lipinski definition) is 1. The van der Waals surface area contributed by atoms with Crippen LogP contribution in [0.3, 0.4) is 0 Å². The Morgan fingerprint density at radius 3 is 2.07 bits per heavy atom. The lowest BCUT2D eigenvalue weighted by molar-refractivity contribution is -0.247. The third-order valence-corrected chi connectivity index (χ3v) is 6.67. The van der Waals surface area contributed by atoms with E-state index in [2.05, 4.69) is 10.3 Å². The summed E-state index contributed by atoms with van der Waals surface area (Å²) in [6, 6.07) is 11.8. The number of ether oxygens (including phenoxy) is 6. The molecule has 234 valence electrons. The lowest BCUT2D eigenvalue weighted by atomic mass is 9.97. The molecule has 0 saturated carbocycles. The van der Waals surface area contributed by atoms with Crippen LogP contribution in [0.5, 0.6) is 5.75 Å². The second-order valence-electron chi connectivity index (χ2n) is 9.99. The summed E-state index contributed by atoms with van der Waals surface area (Å²) < 4.78 is 34.3. The first-order chi connectivity index (χ1) is 20.9.